The summed E-state index contributed by atoms with van der Waals surface area (Å²) in [6.07, 6.45) is 5.61. The lowest BCUT2D eigenvalue weighted by Crippen LogP contribution is -2.30. The molecule has 148 heavy (non-hydrogen) atoms. The van der Waals surface area contributed by atoms with Gasteiger partial charge in [-0.05, 0) is 331 Å². The molecule has 3 aliphatic carbocycles. The number of anilines is 10. The van der Waals surface area contributed by atoms with Crippen molar-refractivity contribution in [2.75, 3.05) is 20.4 Å². The van der Waals surface area contributed by atoms with E-state index >= 15 is 8.78 Å². The highest BCUT2D eigenvalue weighted by atomic mass is 79.9. The first-order valence-corrected chi connectivity index (χ1v) is 49.8. The highest BCUT2D eigenvalue weighted by molar-refractivity contribution is 9.10. The second-order valence-corrected chi connectivity index (χ2v) is 39.0. The molecule has 0 amide bonds. The van der Waals surface area contributed by atoms with Gasteiger partial charge < -0.3 is 20.4 Å². The number of rotatable bonds is 21. The molecule has 0 aromatic heterocycles. The molecule has 3 unspecified atom stereocenters. The number of aryl methyl sites for hydroxylation is 6. The van der Waals surface area contributed by atoms with Gasteiger partial charge in [-0.3, -0.25) is 0 Å². The highest BCUT2D eigenvalue weighted by Crippen LogP contribution is 2.62. The van der Waals surface area contributed by atoms with E-state index in [4.69, 9.17) is 0 Å². The molecule has 2 N–H and O–H groups in total. The van der Waals surface area contributed by atoms with E-state index in [0.717, 1.165) is 191 Å². The molecule has 0 radical (unpaired) electrons. The Labute approximate surface area is 866 Å². The van der Waals surface area contributed by atoms with Crippen LogP contribution < -0.4 is 20.4 Å². The number of benzene rings is 20. The maximum Gasteiger partial charge on any atom is 0.160 e. The Morgan fingerprint density at radius 2 is 0.473 bits per heavy atom. The van der Waals surface area contributed by atoms with Gasteiger partial charge in [-0.2, -0.15) is 0 Å². The quantitative estimate of drug-likeness (QED) is 0.0702. The van der Waals surface area contributed by atoms with Crippen molar-refractivity contribution in [3.8, 4) is 55.6 Å². The summed E-state index contributed by atoms with van der Waals surface area (Å²) in [6.45, 7) is 25.0. The summed E-state index contributed by atoms with van der Waals surface area (Å²) in [5.41, 5.74) is 39.7. The zero-order chi connectivity index (χ0) is 103. The van der Waals surface area contributed by atoms with Crippen LogP contribution in [0, 0.1) is 88.1 Å². The smallest absolute Gasteiger partial charge is 0.160 e. The number of hydrogen-bond donors (Lipinski definition) is 2. The third-order valence-corrected chi connectivity index (χ3v) is 29.6. The number of fused-ring (bicyclic) bond motifs is 9. The van der Waals surface area contributed by atoms with Crippen LogP contribution in [0.25, 0.3) is 73.9 Å². The third-order valence-electron chi connectivity index (χ3n) is 29.1. The molecule has 0 bridgehead atoms. The maximum absolute atomic E-state index is 15.6. The van der Waals surface area contributed by atoms with E-state index in [2.05, 4.69) is 343 Å². The van der Waals surface area contributed by atoms with Gasteiger partial charge >= 0.3 is 0 Å². The largest absolute Gasteiger partial charge is 0.355 e. The molecule has 0 heterocycles. The lowest BCUT2D eigenvalue weighted by Gasteiger charge is -2.36. The van der Waals surface area contributed by atoms with Crippen LogP contribution in [0.3, 0.4) is 0 Å². The average Bonchev–Trinajstić information content (AvgIpc) is 1.54. The minimum Gasteiger partial charge on any atom is -0.355 e. The Kier molecular flexibility index (Phi) is 26.2. The minimum absolute atomic E-state index is 0.356. The topological polar surface area (TPSA) is 30.5 Å². The van der Waals surface area contributed by atoms with E-state index < -0.39 is 57.4 Å². The molecule has 0 spiro atoms. The molecule has 3 aliphatic rings. The zero-order valence-corrected chi connectivity index (χ0v) is 83.6. The lowest BCUT2D eigenvalue weighted by molar-refractivity contribution is 0.509. The van der Waals surface area contributed by atoms with E-state index in [1.807, 2.05) is 125 Å². The molecular weight excluding hydrogens is 1910 g/mol. The van der Waals surface area contributed by atoms with E-state index in [1.165, 1.54) is 80.9 Å². The van der Waals surface area contributed by atoms with Crippen LogP contribution in [0.15, 0.2) is 449 Å². The van der Waals surface area contributed by atoms with Gasteiger partial charge in [-0.15, -0.1) is 0 Å². The summed E-state index contributed by atoms with van der Waals surface area (Å²) >= 11 is 3.75. The van der Waals surface area contributed by atoms with Crippen molar-refractivity contribution in [2.24, 2.45) is 0 Å². The van der Waals surface area contributed by atoms with Gasteiger partial charge in [0, 0.05) is 85.6 Å². The van der Waals surface area contributed by atoms with E-state index in [0.29, 0.717) is 22.7 Å². The van der Waals surface area contributed by atoms with Crippen LogP contribution in [0.1, 0.15) is 117 Å². The molecule has 23 rings (SSSR count). The first-order chi connectivity index (χ1) is 71.8. The van der Waals surface area contributed by atoms with Gasteiger partial charge in [-0.25, -0.2) is 35.1 Å². The molecule has 0 aliphatic heterocycles. The van der Waals surface area contributed by atoms with Crippen molar-refractivity contribution < 1.29 is 35.1 Å². The third kappa shape index (κ3) is 17.6. The van der Waals surface area contributed by atoms with Gasteiger partial charge in [0.25, 0.3) is 0 Å². The Morgan fingerprint density at radius 1 is 0.216 bits per heavy atom. The molecule has 13 heteroatoms. The maximum atomic E-state index is 15.6. The van der Waals surface area contributed by atoms with Crippen molar-refractivity contribution in [1.82, 2.24) is 0 Å². The number of halogens is 9. The van der Waals surface area contributed by atoms with Crippen LogP contribution in [-0.4, -0.2) is 0 Å². The van der Waals surface area contributed by atoms with Gasteiger partial charge in [0.2, 0.25) is 0 Å². The molecular formula is C135H99BrF8N4. The Balaban J connectivity index is 0.000000172. The standard InChI is InChI=1S/C82H60F4N2.C29H23Br.C24H16F4N2/c1-7-55-21-29-59(30-22-55)81(73-45-51(3)17-19-53(73)5)71-15-11-9-13-67(71)69-41-37-63(47-75(69)81)87(65-39-43-77(83)79(85)49-65)61-33-25-57(26-34-61)58-27-35-62(36-28-58)88(66-40-44-78(84)80(86)50-66)64-38-42-70-68-14-10-12-16-72(68)82(76(70)48-64,60-31-23-56(8-2)24-32-60)74-46-52(4)18-20-54(74)6;1-4-21-11-13-22(14-12-21)29(27-17-19(2)9-10-20(27)3)26-8-6-5-7-24(26)25-16-15-23(30)18-28(25)29;25-21-11-9-19(13-23(21)27)29-17-5-1-15(2-6-17)16-3-7-18(8-4-16)30-20-10-12-22(26)24(28)14-20/h7-50H,1-2H2,3-6H3;4-18H,1H2,2-3H3;1-14,29-30H. The van der Waals surface area contributed by atoms with E-state index in [9.17, 15) is 26.3 Å². The first kappa shape index (κ1) is 96.8. The Hall–Kier alpha value is -17.3. The van der Waals surface area contributed by atoms with Crippen molar-refractivity contribution in [1.29, 1.82) is 0 Å². The average molecular weight is 2010 g/mol. The molecule has 4 nitrogen and oxygen atoms in total. The lowest BCUT2D eigenvalue weighted by atomic mass is 9.66. The van der Waals surface area contributed by atoms with E-state index in [1.54, 1.807) is 12.1 Å². The van der Waals surface area contributed by atoms with Gasteiger partial charge in [0.1, 0.15) is 0 Å². The highest BCUT2D eigenvalue weighted by Gasteiger charge is 2.51. The number of hydrogen-bond acceptors (Lipinski definition) is 4. The SMILES string of the molecule is C=Cc1ccc(C2(c3cc(C)ccc3C)c3ccccc3-c3ccc(Br)cc32)cc1.C=Cc1ccc(C2(c3cc(C)ccc3C)c3ccccc3-c3ccc(N(c4ccc(-c5ccc(N(c6ccc(F)c(F)c6)c6ccc7c(c6)C(c6ccc(C=C)cc6)(c6cc(C)ccc6C)c6ccccc6-7)cc5)cc4)c4ccc(F)c(F)c4)cc32)cc1.Fc1ccc(Nc2ccc(-c3ccc(Nc4ccc(F)c(F)c4)cc3)cc2)cc1F. The van der Waals surface area contributed by atoms with E-state index in [-0.39, 0.29) is 5.41 Å². The summed E-state index contributed by atoms with van der Waals surface area (Å²) in [5, 5.41) is 6.04. The predicted molar refractivity (Wildman–Crippen MR) is 597 cm³/mol. The monoisotopic (exact) mass is 2010 g/mol. The molecule has 722 valence electrons. The Morgan fingerprint density at radius 3 is 0.784 bits per heavy atom. The van der Waals surface area contributed by atoms with Crippen LogP contribution >= 0.6 is 15.9 Å². The number of nitrogens with one attached hydrogen (secondary N) is 2. The van der Waals surface area contributed by atoms with Crippen molar-refractivity contribution in [3.05, 3.63) is 612 Å². The molecule has 0 saturated heterocycles. The fraction of sp³-hybridized carbons (Fsp3) is 0.0667. The zero-order valence-electron chi connectivity index (χ0n) is 82.1. The molecule has 20 aromatic rings. The molecule has 20 aromatic carbocycles. The molecule has 0 fully saturated rings. The van der Waals surface area contributed by atoms with Crippen molar-refractivity contribution in [3.63, 3.8) is 0 Å². The summed E-state index contributed by atoms with van der Waals surface area (Å²) in [6, 6.07) is 138. The molecule has 0 saturated carbocycles. The molecule has 3 atom stereocenters. The second kappa shape index (κ2) is 40.0. The van der Waals surface area contributed by atoms with Gasteiger partial charge in [-0.1, -0.05) is 338 Å². The van der Waals surface area contributed by atoms with Crippen LogP contribution in [0.5, 0.6) is 0 Å². The summed E-state index contributed by atoms with van der Waals surface area (Å²) in [5.74, 6) is -7.38. The predicted octanol–water partition coefficient (Wildman–Crippen LogP) is 37.6. The van der Waals surface area contributed by atoms with Crippen molar-refractivity contribution in [2.45, 2.75) is 57.8 Å². The number of nitrogens with zero attached hydrogens (tertiary/aromatic N) is 2. The summed E-state index contributed by atoms with van der Waals surface area (Å²) < 4.78 is 115. The second-order valence-electron chi connectivity index (χ2n) is 38.1. The summed E-state index contributed by atoms with van der Waals surface area (Å²) in [4.78, 5) is 3.96. The van der Waals surface area contributed by atoms with Crippen LogP contribution in [0.4, 0.5) is 92.0 Å². The first-order valence-electron chi connectivity index (χ1n) is 49.0. The van der Waals surface area contributed by atoms with Gasteiger partial charge in [0.05, 0.1) is 16.2 Å². The minimum atomic E-state index is -0.957. The normalized spacial score (nSPS) is 14.6. The van der Waals surface area contributed by atoms with Gasteiger partial charge in [0.15, 0.2) is 46.5 Å². The van der Waals surface area contributed by atoms with Crippen LogP contribution in [-0.2, 0) is 16.2 Å². The van der Waals surface area contributed by atoms with Crippen molar-refractivity contribution >= 4 is 91.0 Å². The van der Waals surface area contributed by atoms with Crippen LogP contribution in [0.2, 0.25) is 0 Å². The fourth-order valence-electron chi connectivity index (χ4n) is 22.1. The Bertz CT molecular complexity index is 8180. The summed E-state index contributed by atoms with van der Waals surface area (Å²) in [7, 11) is 0. The fourth-order valence-corrected chi connectivity index (χ4v) is 22.4.